The van der Waals surface area contributed by atoms with Crippen molar-refractivity contribution in [1.82, 2.24) is 4.98 Å². The van der Waals surface area contributed by atoms with Crippen LogP contribution in [0, 0.1) is 11.3 Å². The van der Waals surface area contributed by atoms with E-state index in [1.54, 1.807) is 12.3 Å². The van der Waals surface area contributed by atoms with Gasteiger partial charge in [-0.2, -0.15) is 5.26 Å². The van der Waals surface area contributed by atoms with E-state index in [4.69, 9.17) is 10.00 Å². The van der Waals surface area contributed by atoms with Gasteiger partial charge in [0.2, 0.25) is 5.88 Å². The summed E-state index contributed by atoms with van der Waals surface area (Å²) in [7, 11) is 0. The average molecular weight is 267 g/mol. The number of nitriles is 1. The lowest BCUT2D eigenvalue weighted by atomic mass is 10.1. The predicted molar refractivity (Wildman–Crippen MR) is 78.5 cm³/mol. The molecule has 0 unspecified atom stereocenters. The van der Waals surface area contributed by atoms with Crippen LogP contribution in [0.25, 0.3) is 0 Å². The first-order valence-corrected chi connectivity index (χ1v) is 6.53. The van der Waals surface area contributed by atoms with E-state index in [0.29, 0.717) is 18.0 Å². The number of anilines is 1. The molecule has 102 valence electrons. The van der Waals surface area contributed by atoms with Crippen LogP contribution in [0.5, 0.6) is 5.88 Å². The lowest BCUT2D eigenvalue weighted by Gasteiger charge is -2.14. The van der Waals surface area contributed by atoms with Crippen LogP contribution in [-0.2, 0) is 6.54 Å². The number of aromatic nitrogens is 1. The molecule has 1 aromatic carbocycles. The Hall–Kier alpha value is -2.54. The molecule has 0 saturated carbocycles. The number of nitrogens with one attached hydrogen (secondary N) is 1. The highest BCUT2D eigenvalue weighted by atomic mass is 16.5. The molecule has 0 atom stereocenters. The van der Waals surface area contributed by atoms with Crippen molar-refractivity contribution in [2.24, 2.45) is 0 Å². The number of pyridine rings is 1. The molecule has 1 aromatic heterocycles. The van der Waals surface area contributed by atoms with Gasteiger partial charge in [-0.05, 0) is 43.7 Å². The van der Waals surface area contributed by atoms with Gasteiger partial charge >= 0.3 is 0 Å². The summed E-state index contributed by atoms with van der Waals surface area (Å²) >= 11 is 0. The fraction of sp³-hybridized carbons (Fsp3) is 0.250. The smallest absolute Gasteiger partial charge is 0.237 e. The lowest BCUT2D eigenvalue weighted by molar-refractivity contribution is 0.234. The highest BCUT2D eigenvalue weighted by molar-refractivity contribution is 5.52. The molecule has 1 N–H and O–H groups in total. The standard InChI is InChI=1S/C16H17N3O/c1-12(2)20-16-15(7-4-8-18-16)19-11-14-6-3-5-13(9-14)10-17/h3-9,12,19H,11H2,1-2H3. The van der Waals surface area contributed by atoms with Crippen LogP contribution < -0.4 is 10.1 Å². The van der Waals surface area contributed by atoms with Gasteiger partial charge in [-0.25, -0.2) is 4.98 Å². The van der Waals surface area contributed by atoms with E-state index in [1.165, 1.54) is 0 Å². The van der Waals surface area contributed by atoms with Crippen LogP contribution in [0.1, 0.15) is 25.0 Å². The van der Waals surface area contributed by atoms with Crippen molar-refractivity contribution in [3.05, 3.63) is 53.7 Å². The molecule has 4 nitrogen and oxygen atoms in total. The number of hydrogen-bond donors (Lipinski definition) is 1. The zero-order valence-corrected chi connectivity index (χ0v) is 11.6. The van der Waals surface area contributed by atoms with Crippen LogP contribution in [0.3, 0.4) is 0 Å². The second-order valence-electron chi connectivity index (χ2n) is 4.69. The molecule has 0 radical (unpaired) electrons. The fourth-order valence-electron chi connectivity index (χ4n) is 1.79. The number of rotatable bonds is 5. The van der Waals surface area contributed by atoms with Crippen molar-refractivity contribution in [2.75, 3.05) is 5.32 Å². The van der Waals surface area contributed by atoms with Crippen molar-refractivity contribution in [3.63, 3.8) is 0 Å². The fourth-order valence-corrected chi connectivity index (χ4v) is 1.79. The van der Waals surface area contributed by atoms with E-state index < -0.39 is 0 Å². The molecule has 4 heteroatoms. The molecule has 0 aliphatic carbocycles. The van der Waals surface area contributed by atoms with Crippen LogP contribution in [-0.4, -0.2) is 11.1 Å². The number of ether oxygens (including phenoxy) is 1. The minimum Gasteiger partial charge on any atom is -0.473 e. The maximum Gasteiger partial charge on any atom is 0.237 e. The maximum absolute atomic E-state index is 8.89. The summed E-state index contributed by atoms with van der Waals surface area (Å²) in [4.78, 5) is 4.23. The third-order valence-electron chi connectivity index (χ3n) is 2.66. The van der Waals surface area contributed by atoms with E-state index in [-0.39, 0.29) is 6.10 Å². The second kappa shape index (κ2) is 6.58. The highest BCUT2D eigenvalue weighted by Crippen LogP contribution is 2.22. The van der Waals surface area contributed by atoms with Crippen molar-refractivity contribution in [2.45, 2.75) is 26.5 Å². The second-order valence-corrected chi connectivity index (χ2v) is 4.69. The van der Waals surface area contributed by atoms with Gasteiger partial charge < -0.3 is 10.1 Å². The Morgan fingerprint density at radius 3 is 2.90 bits per heavy atom. The van der Waals surface area contributed by atoms with Gasteiger partial charge in [0.05, 0.1) is 23.4 Å². The molecule has 2 aromatic rings. The van der Waals surface area contributed by atoms with Gasteiger partial charge in [0.15, 0.2) is 0 Å². The molecular formula is C16H17N3O. The summed E-state index contributed by atoms with van der Waals surface area (Å²) in [5.74, 6) is 0.596. The number of benzene rings is 1. The molecule has 0 saturated heterocycles. The van der Waals surface area contributed by atoms with Crippen molar-refractivity contribution in [1.29, 1.82) is 5.26 Å². The molecule has 0 spiro atoms. The Morgan fingerprint density at radius 1 is 1.30 bits per heavy atom. The molecule has 0 fully saturated rings. The molecular weight excluding hydrogens is 250 g/mol. The molecule has 0 aliphatic rings. The zero-order chi connectivity index (χ0) is 14.4. The SMILES string of the molecule is CC(C)Oc1ncccc1NCc1cccc(C#N)c1. The minimum atomic E-state index is 0.0763. The molecule has 2 rings (SSSR count). The topological polar surface area (TPSA) is 57.9 Å². The summed E-state index contributed by atoms with van der Waals surface area (Å²) in [5, 5.41) is 12.2. The monoisotopic (exact) mass is 267 g/mol. The van der Waals surface area contributed by atoms with Gasteiger partial charge in [0.1, 0.15) is 0 Å². The Labute approximate surface area is 119 Å². The van der Waals surface area contributed by atoms with Gasteiger partial charge in [-0.15, -0.1) is 0 Å². The average Bonchev–Trinajstić information content (AvgIpc) is 2.46. The van der Waals surface area contributed by atoms with Gasteiger partial charge in [-0.3, -0.25) is 0 Å². The van der Waals surface area contributed by atoms with E-state index in [1.807, 2.05) is 44.2 Å². The summed E-state index contributed by atoms with van der Waals surface area (Å²) in [6.07, 6.45) is 1.78. The van der Waals surface area contributed by atoms with Gasteiger partial charge in [-0.1, -0.05) is 12.1 Å². The van der Waals surface area contributed by atoms with Crippen LogP contribution in [0.4, 0.5) is 5.69 Å². The van der Waals surface area contributed by atoms with Crippen molar-refractivity contribution >= 4 is 5.69 Å². The van der Waals surface area contributed by atoms with Gasteiger partial charge in [0, 0.05) is 12.7 Å². The first-order chi connectivity index (χ1) is 9.69. The first-order valence-electron chi connectivity index (χ1n) is 6.53. The number of nitrogens with zero attached hydrogens (tertiary/aromatic N) is 2. The van der Waals surface area contributed by atoms with E-state index in [9.17, 15) is 0 Å². The predicted octanol–water partition coefficient (Wildman–Crippen LogP) is 3.35. The molecule has 0 aliphatic heterocycles. The maximum atomic E-state index is 8.89. The summed E-state index contributed by atoms with van der Waals surface area (Å²) in [6, 6.07) is 13.4. The zero-order valence-electron chi connectivity index (χ0n) is 11.6. The Kier molecular flexibility index (Phi) is 4.56. The van der Waals surface area contributed by atoms with Crippen LogP contribution >= 0.6 is 0 Å². The van der Waals surface area contributed by atoms with Gasteiger partial charge in [0.25, 0.3) is 0 Å². The Bertz CT molecular complexity index is 617. The van der Waals surface area contributed by atoms with Crippen molar-refractivity contribution < 1.29 is 4.74 Å². The lowest BCUT2D eigenvalue weighted by Crippen LogP contribution is -2.10. The van der Waals surface area contributed by atoms with E-state index in [2.05, 4.69) is 16.4 Å². The van der Waals surface area contributed by atoms with E-state index >= 15 is 0 Å². The van der Waals surface area contributed by atoms with Crippen molar-refractivity contribution in [3.8, 4) is 11.9 Å². The molecule has 0 bridgehead atoms. The highest BCUT2D eigenvalue weighted by Gasteiger charge is 2.06. The Balaban J connectivity index is 2.09. The third-order valence-corrected chi connectivity index (χ3v) is 2.66. The Morgan fingerprint density at radius 2 is 2.15 bits per heavy atom. The summed E-state index contributed by atoms with van der Waals surface area (Å²) in [5.41, 5.74) is 2.56. The first kappa shape index (κ1) is 13.9. The normalized spacial score (nSPS) is 10.1. The molecule has 0 amide bonds. The van der Waals surface area contributed by atoms with Crippen LogP contribution in [0.2, 0.25) is 0 Å². The van der Waals surface area contributed by atoms with Crippen LogP contribution in [0.15, 0.2) is 42.6 Å². The molecule has 1 heterocycles. The number of hydrogen-bond acceptors (Lipinski definition) is 4. The summed E-state index contributed by atoms with van der Waals surface area (Å²) < 4.78 is 5.65. The minimum absolute atomic E-state index is 0.0763. The quantitative estimate of drug-likeness (QED) is 0.902. The summed E-state index contributed by atoms with van der Waals surface area (Å²) in [6.45, 7) is 4.55. The largest absolute Gasteiger partial charge is 0.473 e. The molecule has 20 heavy (non-hydrogen) atoms. The third kappa shape index (κ3) is 3.72. The van der Waals surface area contributed by atoms with E-state index in [0.717, 1.165) is 11.3 Å².